The first-order chi connectivity index (χ1) is 11.6. The zero-order valence-corrected chi connectivity index (χ0v) is 14.5. The number of carbonyl (C=O) groups is 1. The summed E-state index contributed by atoms with van der Waals surface area (Å²) < 4.78 is 1.26. The maximum atomic E-state index is 12.7. The molecule has 5 nitrogen and oxygen atoms in total. The van der Waals surface area contributed by atoms with E-state index in [0.29, 0.717) is 5.39 Å². The van der Waals surface area contributed by atoms with Gasteiger partial charge in [0.05, 0.1) is 10.3 Å². The smallest absolute Gasteiger partial charge is 0.275 e. The molecule has 2 aromatic heterocycles. The van der Waals surface area contributed by atoms with Gasteiger partial charge >= 0.3 is 0 Å². The Balaban J connectivity index is 2.07. The van der Waals surface area contributed by atoms with Crippen molar-refractivity contribution >= 4 is 28.0 Å². The number of aromatic nitrogens is 2. The molecular weight excluding hydrogens is 322 g/mol. The van der Waals surface area contributed by atoms with Crippen molar-refractivity contribution in [2.24, 2.45) is 0 Å². The third-order valence-electron chi connectivity index (χ3n) is 3.94. The Bertz CT molecular complexity index is 916. The Kier molecular flexibility index (Phi) is 4.76. The molecular formula is C18H19N3O2S. The van der Waals surface area contributed by atoms with E-state index in [4.69, 9.17) is 0 Å². The molecule has 0 radical (unpaired) electrons. The zero-order valence-electron chi connectivity index (χ0n) is 13.7. The molecule has 0 fully saturated rings. The van der Waals surface area contributed by atoms with Crippen LogP contribution in [0.4, 0.5) is 0 Å². The van der Waals surface area contributed by atoms with Gasteiger partial charge in [0.15, 0.2) is 0 Å². The van der Waals surface area contributed by atoms with Crippen LogP contribution < -0.4 is 10.9 Å². The quantitative estimate of drug-likeness (QED) is 0.776. The molecule has 124 valence electrons. The largest absolute Gasteiger partial charge is 0.352 e. The van der Waals surface area contributed by atoms with Gasteiger partial charge in [0.25, 0.3) is 5.56 Å². The number of nitrogens with zero attached hydrogens (tertiary/aromatic N) is 2. The van der Waals surface area contributed by atoms with Crippen molar-refractivity contribution in [3.8, 4) is 10.6 Å². The summed E-state index contributed by atoms with van der Waals surface area (Å²) in [6.45, 7) is 3.86. The predicted molar refractivity (Wildman–Crippen MR) is 97.2 cm³/mol. The van der Waals surface area contributed by atoms with Crippen LogP contribution in [-0.2, 0) is 11.3 Å². The Morgan fingerprint density at radius 2 is 2.00 bits per heavy atom. The van der Waals surface area contributed by atoms with E-state index in [9.17, 15) is 9.59 Å². The van der Waals surface area contributed by atoms with Gasteiger partial charge in [-0.3, -0.25) is 9.59 Å². The van der Waals surface area contributed by atoms with Crippen LogP contribution in [-0.4, -0.2) is 21.7 Å². The first kappa shape index (κ1) is 16.4. The molecule has 3 aromatic rings. The molecule has 1 aromatic carbocycles. The highest BCUT2D eigenvalue weighted by Gasteiger charge is 2.15. The molecule has 0 aliphatic rings. The molecule has 1 amide bonds. The maximum Gasteiger partial charge on any atom is 0.275 e. The summed E-state index contributed by atoms with van der Waals surface area (Å²) in [6, 6.07) is 11.4. The molecule has 1 N–H and O–H groups in total. The van der Waals surface area contributed by atoms with Crippen LogP contribution in [0, 0.1) is 0 Å². The molecule has 0 aliphatic heterocycles. The van der Waals surface area contributed by atoms with Gasteiger partial charge in [0.2, 0.25) is 5.91 Å². The molecule has 0 unspecified atom stereocenters. The number of fused-ring (bicyclic) bond motifs is 1. The second kappa shape index (κ2) is 6.97. The lowest BCUT2D eigenvalue weighted by molar-refractivity contribution is -0.122. The van der Waals surface area contributed by atoms with Gasteiger partial charge in [-0.1, -0.05) is 31.2 Å². The third-order valence-corrected chi connectivity index (χ3v) is 4.81. The van der Waals surface area contributed by atoms with Crippen LogP contribution in [0.5, 0.6) is 0 Å². The summed E-state index contributed by atoms with van der Waals surface area (Å²) in [5, 5.41) is 10.7. The van der Waals surface area contributed by atoms with E-state index < -0.39 is 0 Å². The second-order valence-corrected chi connectivity index (χ2v) is 6.66. The molecule has 2 heterocycles. The monoisotopic (exact) mass is 341 g/mol. The van der Waals surface area contributed by atoms with Gasteiger partial charge in [-0.05, 0) is 30.9 Å². The van der Waals surface area contributed by atoms with E-state index in [-0.39, 0.29) is 24.1 Å². The topological polar surface area (TPSA) is 64.0 Å². The number of amides is 1. The molecule has 0 aliphatic carbocycles. The first-order valence-electron chi connectivity index (χ1n) is 7.93. The van der Waals surface area contributed by atoms with Gasteiger partial charge < -0.3 is 5.32 Å². The minimum absolute atomic E-state index is 0.0745. The van der Waals surface area contributed by atoms with Crippen LogP contribution in [0.2, 0.25) is 0 Å². The van der Waals surface area contributed by atoms with Crippen molar-refractivity contribution in [2.45, 2.75) is 32.9 Å². The Morgan fingerprint density at radius 3 is 2.67 bits per heavy atom. The predicted octanol–water partition coefficient (Wildman–Crippen LogP) is 3.04. The molecule has 0 bridgehead atoms. The molecule has 6 heteroatoms. The standard InChI is InChI=1S/C18H19N3O2S/c1-3-12(2)19-16(22)11-21-18(23)14-8-5-4-7-13(14)17(20-21)15-9-6-10-24-15/h4-10,12H,3,11H2,1-2H3,(H,19,22)/t12-/m0/s1. The van der Waals surface area contributed by atoms with Crippen molar-refractivity contribution in [1.29, 1.82) is 0 Å². The minimum Gasteiger partial charge on any atom is -0.352 e. The number of thiophene rings is 1. The summed E-state index contributed by atoms with van der Waals surface area (Å²) >= 11 is 1.56. The lowest BCUT2D eigenvalue weighted by Gasteiger charge is -2.13. The van der Waals surface area contributed by atoms with E-state index >= 15 is 0 Å². The van der Waals surface area contributed by atoms with Crippen LogP contribution >= 0.6 is 11.3 Å². The zero-order chi connectivity index (χ0) is 17.1. The van der Waals surface area contributed by atoms with Gasteiger partial charge in [0.1, 0.15) is 12.2 Å². The van der Waals surface area contributed by atoms with Crippen molar-refractivity contribution in [1.82, 2.24) is 15.1 Å². The Hall–Kier alpha value is -2.47. The molecule has 24 heavy (non-hydrogen) atoms. The van der Waals surface area contributed by atoms with Gasteiger partial charge in [-0.25, -0.2) is 4.68 Å². The number of hydrogen-bond donors (Lipinski definition) is 1. The van der Waals surface area contributed by atoms with Crippen LogP contribution in [0.1, 0.15) is 20.3 Å². The Morgan fingerprint density at radius 1 is 1.25 bits per heavy atom. The molecule has 1 atom stereocenters. The normalized spacial score (nSPS) is 12.2. The summed E-state index contributed by atoms with van der Waals surface area (Å²) in [4.78, 5) is 25.8. The molecule has 3 rings (SSSR count). The van der Waals surface area contributed by atoms with Gasteiger partial charge in [0, 0.05) is 11.4 Å². The minimum atomic E-state index is -0.245. The van der Waals surface area contributed by atoms with E-state index in [2.05, 4.69) is 10.4 Å². The summed E-state index contributed by atoms with van der Waals surface area (Å²) in [7, 11) is 0. The molecule has 0 spiro atoms. The lowest BCUT2D eigenvalue weighted by Crippen LogP contribution is -2.38. The fraction of sp³-hybridized carbons (Fsp3) is 0.278. The summed E-state index contributed by atoms with van der Waals surface area (Å²) in [5.74, 6) is -0.202. The van der Waals surface area contributed by atoms with Crippen molar-refractivity contribution in [3.05, 3.63) is 52.1 Å². The van der Waals surface area contributed by atoms with Crippen LogP contribution in [0.15, 0.2) is 46.6 Å². The van der Waals surface area contributed by atoms with Crippen molar-refractivity contribution in [2.75, 3.05) is 0 Å². The van der Waals surface area contributed by atoms with Gasteiger partial charge in [-0.2, -0.15) is 5.10 Å². The van der Waals surface area contributed by atoms with E-state index in [1.165, 1.54) is 4.68 Å². The van der Waals surface area contributed by atoms with Crippen molar-refractivity contribution < 1.29 is 4.79 Å². The summed E-state index contributed by atoms with van der Waals surface area (Å²) in [6.07, 6.45) is 0.840. The van der Waals surface area contributed by atoms with Crippen LogP contribution in [0.3, 0.4) is 0 Å². The van der Waals surface area contributed by atoms with E-state index in [1.807, 2.05) is 49.6 Å². The maximum absolute atomic E-state index is 12.7. The molecule has 0 saturated carbocycles. The lowest BCUT2D eigenvalue weighted by atomic mass is 10.1. The van der Waals surface area contributed by atoms with E-state index in [1.54, 1.807) is 17.4 Å². The number of benzene rings is 1. The number of carbonyl (C=O) groups excluding carboxylic acids is 1. The summed E-state index contributed by atoms with van der Waals surface area (Å²) in [5.41, 5.74) is 0.488. The number of hydrogen-bond acceptors (Lipinski definition) is 4. The molecule has 0 saturated heterocycles. The average Bonchev–Trinajstić information content (AvgIpc) is 3.11. The Labute approximate surface area is 143 Å². The fourth-order valence-electron chi connectivity index (χ4n) is 2.50. The highest BCUT2D eigenvalue weighted by atomic mass is 32.1. The SMILES string of the molecule is CC[C@H](C)NC(=O)Cn1nc(-c2cccs2)c2ccccc2c1=O. The second-order valence-electron chi connectivity index (χ2n) is 5.71. The fourth-order valence-corrected chi connectivity index (χ4v) is 3.22. The number of rotatable bonds is 5. The highest BCUT2D eigenvalue weighted by molar-refractivity contribution is 7.13. The average molecular weight is 341 g/mol. The highest BCUT2D eigenvalue weighted by Crippen LogP contribution is 2.28. The number of nitrogens with one attached hydrogen (secondary N) is 1. The van der Waals surface area contributed by atoms with Gasteiger partial charge in [-0.15, -0.1) is 11.3 Å². The third kappa shape index (κ3) is 3.23. The van der Waals surface area contributed by atoms with E-state index in [0.717, 1.165) is 22.4 Å². The van der Waals surface area contributed by atoms with Crippen molar-refractivity contribution in [3.63, 3.8) is 0 Å². The first-order valence-corrected chi connectivity index (χ1v) is 8.81. The van der Waals surface area contributed by atoms with Crippen LogP contribution in [0.25, 0.3) is 21.3 Å².